The molecule has 0 bridgehead atoms. The molecule has 1 aliphatic carbocycles. The van der Waals surface area contributed by atoms with Gasteiger partial charge in [0.05, 0.1) is 0 Å². The highest BCUT2D eigenvalue weighted by atomic mass is 15.1. The third kappa shape index (κ3) is 4.07. The van der Waals surface area contributed by atoms with Gasteiger partial charge in [-0.05, 0) is 113 Å². The van der Waals surface area contributed by atoms with Gasteiger partial charge >= 0.3 is 0 Å². The summed E-state index contributed by atoms with van der Waals surface area (Å²) in [4.78, 5) is 2.38. The van der Waals surface area contributed by atoms with E-state index in [9.17, 15) is 0 Å². The average molecular weight is 598 g/mol. The fraction of sp³-hybridized carbons (Fsp3) is 0.244. The van der Waals surface area contributed by atoms with E-state index >= 15 is 0 Å². The zero-order valence-corrected chi connectivity index (χ0v) is 28.4. The minimum atomic E-state index is -0.182. The quantitative estimate of drug-likeness (QED) is 0.183. The van der Waals surface area contributed by atoms with Gasteiger partial charge in [0.25, 0.3) is 0 Å². The highest BCUT2D eigenvalue weighted by molar-refractivity contribution is 6.29. The van der Waals surface area contributed by atoms with E-state index in [0.29, 0.717) is 0 Å². The van der Waals surface area contributed by atoms with Crippen LogP contribution in [0.15, 0.2) is 115 Å². The molecule has 0 unspecified atom stereocenters. The molecule has 46 heavy (non-hydrogen) atoms. The van der Waals surface area contributed by atoms with Gasteiger partial charge in [0, 0.05) is 22.5 Å². The summed E-state index contributed by atoms with van der Waals surface area (Å²) in [6, 6.07) is 43.2. The summed E-state index contributed by atoms with van der Waals surface area (Å²) in [7, 11) is 0. The molecule has 0 fully saturated rings. The first-order valence-electron chi connectivity index (χ1n) is 16.7. The van der Waals surface area contributed by atoms with E-state index in [-0.39, 0.29) is 16.2 Å². The zero-order valence-electron chi connectivity index (χ0n) is 28.4. The molecule has 0 aromatic heterocycles. The number of para-hydroxylation sites is 2. The van der Waals surface area contributed by atoms with E-state index < -0.39 is 0 Å². The van der Waals surface area contributed by atoms with Crippen molar-refractivity contribution in [3.8, 4) is 11.1 Å². The monoisotopic (exact) mass is 597 g/mol. The Morgan fingerprint density at radius 2 is 0.957 bits per heavy atom. The first kappa shape index (κ1) is 28.8. The number of rotatable bonds is 3. The number of nitrogens with zero attached hydrogens (tertiary/aromatic N) is 1. The fourth-order valence-electron chi connectivity index (χ4n) is 8.36. The van der Waals surface area contributed by atoms with Crippen molar-refractivity contribution in [1.82, 2.24) is 0 Å². The van der Waals surface area contributed by atoms with Crippen molar-refractivity contribution in [2.45, 2.75) is 71.6 Å². The molecular formula is C45H43N. The first-order chi connectivity index (χ1) is 21.9. The highest BCUT2D eigenvalue weighted by Crippen LogP contribution is 2.58. The molecule has 8 rings (SSSR count). The van der Waals surface area contributed by atoms with Gasteiger partial charge < -0.3 is 4.90 Å². The van der Waals surface area contributed by atoms with Gasteiger partial charge in [-0.25, -0.2) is 0 Å². The van der Waals surface area contributed by atoms with E-state index in [1.54, 1.807) is 0 Å². The van der Waals surface area contributed by atoms with Crippen molar-refractivity contribution in [3.05, 3.63) is 138 Å². The second kappa shape index (κ2) is 9.69. The molecule has 0 saturated heterocycles. The van der Waals surface area contributed by atoms with E-state index in [0.717, 1.165) is 11.4 Å². The molecule has 1 aliphatic rings. The molecule has 0 heterocycles. The minimum absolute atomic E-state index is 0.0444. The van der Waals surface area contributed by atoms with E-state index in [4.69, 9.17) is 0 Å². The molecule has 0 spiro atoms. The lowest BCUT2D eigenvalue weighted by Crippen LogP contribution is -2.18. The van der Waals surface area contributed by atoms with Crippen LogP contribution in [0, 0.1) is 0 Å². The summed E-state index contributed by atoms with van der Waals surface area (Å²) in [6.07, 6.45) is 0. The normalized spacial score (nSPS) is 14.3. The third-order valence-corrected chi connectivity index (χ3v) is 10.4. The van der Waals surface area contributed by atoms with Crippen LogP contribution in [0.4, 0.5) is 17.1 Å². The summed E-state index contributed by atoms with van der Waals surface area (Å²) >= 11 is 0. The Morgan fingerprint density at radius 3 is 1.48 bits per heavy atom. The summed E-state index contributed by atoms with van der Waals surface area (Å²) in [5, 5.41) is 8.41. The molecular weight excluding hydrogens is 555 g/mol. The van der Waals surface area contributed by atoms with Crippen LogP contribution >= 0.6 is 0 Å². The Hall–Kier alpha value is -4.62. The van der Waals surface area contributed by atoms with E-state index in [2.05, 4.69) is 176 Å². The Labute approximate surface area is 273 Å². The predicted octanol–water partition coefficient (Wildman–Crippen LogP) is 13.0. The zero-order chi connectivity index (χ0) is 32.2. The molecule has 0 atom stereocenters. The largest absolute Gasteiger partial charge is 0.310 e. The molecule has 0 saturated carbocycles. The van der Waals surface area contributed by atoms with Crippen LogP contribution < -0.4 is 4.90 Å². The molecule has 0 radical (unpaired) electrons. The van der Waals surface area contributed by atoms with Gasteiger partial charge in [-0.2, -0.15) is 0 Å². The number of fused-ring (bicyclic) bond motifs is 5. The second-order valence-corrected chi connectivity index (χ2v) is 15.8. The lowest BCUT2D eigenvalue weighted by molar-refractivity contribution is 0.595. The van der Waals surface area contributed by atoms with E-state index in [1.807, 2.05) is 0 Å². The number of hydrogen-bond acceptors (Lipinski definition) is 1. The maximum atomic E-state index is 2.46. The van der Waals surface area contributed by atoms with Crippen molar-refractivity contribution in [2.75, 3.05) is 4.90 Å². The van der Waals surface area contributed by atoms with Crippen LogP contribution in [0.1, 0.15) is 77.6 Å². The lowest BCUT2D eigenvalue weighted by Gasteiger charge is -2.30. The van der Waals surface area contributed by atoms with Crippen LogP contribution in [-0.2, 0) is 16.2 Å². The van der Waals surface area contributed by atoms with E-state index in [1.165, 1.54) is 71.4 Å². The van der Waals surface area contributed by atoms with Crippen molar-refractivity contribution in [3.63, 3.8) is 0 Å². The molecule has 1 heteroatoms. The fourth-order valence-corrected chi connectivity index (χ4v) is 8.36. The number of anilines is 3. The van der Waals surface area contributed by atoms with Crippen LogP contribution in [0.5, 0.6) is 0 Å². The van der Waals surface area contributed by atoms with Crippen LogP contribution in [-0.4, -0.2) is 0 Å². The summed E-state index contributed by atoms with van der Waals surface area (Å²) in [6.45, 7) is 18.9. The Morgan fingerprint density at radius 1 is 0.478 bits per heavy atom. The predicted molar refractivity (Wildman–Crippen MR) is 200 cm³/mol. The van der Waals surface area contributed by atoms with Gasteiger partial charge in [-0.1, -0.05) is 134 Å². The molecule has 0 N–H and O–H groups in total. The standard InChI is InChI=1S/C45H43N/c1-43(2,3)36-25-23-34-39-31(36)21-22-32-37(44(4,5)6)26-24-35(40(32)39)42-41(34)33-20-19-30(27-38(33)45(42,7)8)46(28-15-11-9-12-16-28)29-17-13-10-14-18-29/h9-27H,1-8H3. The maximum Gasteiger partial charge on any atom is 0.0465 e. The van der Waals surface area contributed by atoms with Gasteiger partial charge in [-0.15, -0.1) is 0 Å². The first-order valence-corrected chi connectivity index (χ1v) is 16.7. The average Bonchev–Trinajstić information content (AvgIpc) is 3.26. The Bertz CT molecular complexity index is 2240. The lowest BCUT2D eigenvalue weighted by atomic mass is 9.74. The second-order valence-electron chi connectivity index (χ2n) is 15.8. The Kier molecular flexibility index (Phi) is 6.07. The highest BCUT2D eigenvalue weighted by Gasteiger charge is 2.40. The van der Waals surface area contributed by atoms with Crippen molar-refractivity contribution < 1.29 is 0 Å². The summed E-state index contributed by atoms with van der Waals surface area (Å²) < 4.78 is 0. The topological polar surface area (TPSA) is 3.24 Å². The van der Waals surface area contributed by atoms with Crippen molar-refractivity contribution in [2.24, 2.45) is 0 Å². The molecule has 7 aromatic carbocycles. The van der Waals surface area contributed by atoms with Gasteiger partial charge in [0.1, 0.15) is 0 Å². The minimum Gasteiger partial charge on any atom is -0.310 e. The van der Waals surface area contributed by atoms with Crippen LogP contribution in [0.25, 0.3) is 43.4 Å². The number of benzene rings is 7. The third-order valence-electron chi connectivity index (χ3n) is 10.4. The van der Waals surface area contributed by atoms with Crippen molar-refractivity contribution >= 4 is 49.4 Å². The van der Waals surface area contributed by atoms with Crippen LogP contribution in [0.3, 0.4) is 0 Å². The molecule has 7 aromatic rings. The van der Waals surface area contributed by atoms with Crippen molar-refractivity contribution in [1.29, 1.82) is 0 Å². The summed E-state index contributed by atoms with van der Waals surface area (Å²) in [5.74, 6) is 0. The molecule has 0 amide bonds. The van der Waals surface area contributed by atoms with Gasteiger partial charge in [0.2, 0.25) is 0 Å². The maximum absolute atomic E-state index is 2.46. The smallest absolute Gasteiger partial charge is 0.0465 e. The van der Waals surface area contributed by atoms with Gasteiger partial charge in [-0.3, -0.25) is 0 Å². The van der Waals surface area contributed by atoms with Gasteiger partial charge in [0.15, 0.2) is 0 Å². The number of hydrogen-bond donors (Lipinski definition) is 0. The molecule has 1 nitrogen and oxygen atoms in total. The summed E-state index contributed by atoms with van der Waals surface area (Å²) in [5.41, 5.74) is 11.9. The van der Waals surface area contributed by atoms with Crippen LogP contribution in [0.2, 0.25) is 0 Å². The SMILES string of the molecule is CC(C)(C)c1ccc2c3c(c4ccc(C(C)(C)C)c5ccc1c2c54)C(C)(C)c1cc(N(c2ccccc2)c2ccccc2)ccc1-3. The molecule has 0 aliphatic heterocycles. The Balaban J connectivity index is 1.46. The molecule has 228 valence electrons.